The molecule has 0 bridgehead atoms. The molecule has 1 aromatic carbocycles. The zero-order valence-electron chi connectivity index (χ0n) is 15.6. The summed E-state index contributed by atoms with van der Waals surface area (Å²) in [4.78, 5) is 22.5. The van der Waals surface area contributed by atoms with Crippen LogP contribution in [0.25, 0.3) is 10.3 Å². The number of amides is 1. The first-order chi connectivity index (χ1) is 13.8. The number of anilines is 1. The van der Waals surface area contributed by atoms with Crippen LogP contribution >= 0.6 is 11.3 Å². The van der Waals surface area contributed by atoms with Gasteiger partial charge in [-0.05, 0) is 19.1 Å². The van der Waals surface area contributed by atoms with Gasteiger partial charge in [0, 0.05) is 25.2 Å². The van der Waals surface area contributed by atoms with Crippen LogP contribution in [-0.2, 0) is 17.5 Å². The van der Waals surface area contributed by atoms with E-state index in [0.717, 1.165) is 34.4 Å². The van der Waals surface area contributed by atoms with Crippen molar-refractivity contribution < 1.29 is 22.7 Å². The highest BCUT2D eigenvalue weighted by molar-refractivity contribution is 7.18. The lowest BCUT2D eigenvalue weighted by atomic mass is 10.1. The number of nitrogens with one attached hydrogen (secondary N) is 2. The number of morpholine rings is 1. The molecule has 1 aliphatic rings. The Bertz CT molecular complexity index is 1040. The van der Waals surface area contributed by atoms with Gasteiger partial charge < -0.3 is 15.0 Å². The average molecular weight is 424 g/mol. The number of alkyl halides is 3. The van der Waals surface area contributed by atoms with Crippen molar-refractivity contribution in [3.05, 3.63) is 46.1 Å². The van der Waals surface area contributed by atoms with Crippen molar-refractivity contribution in [3.63, 3.8) is 0 Å². The van der Waals surface area contributed by atoms with E-state index in [1.807, 2.05) is 6.92 Å². The summed E-state index contributed by atoms with van der Waals surface area (Å²) in [7, 11) is 0. The smallest absolute Gasteiger partial charge is 0.379 e. The molecule has 3 aromatic rings. The quantitative estimate of drug-likeness (QED) is 0.663. The summed E-state index contributed by atoms with van der Waals surface area (Å²) in [5, 5.41) is 3.27. The number of ether oxygens (including phenoxy) is 1. The maximum atomic E-state index is 13.3. The zero-order valence-corrected chi connectivity index (χ0v) is 16.4. The minimum atomic E-state index is -4.56. The molecule has 0 unspecified atom stereocenters. The summed E-state index contributed by atoms with van der Waals surface area (Å²) >= 11 is 1.46. The highest BCUT2D eigenvalue weighted by Crippen LogP contribution is 2.35. The lowest BCUT2D eigenvalue weighted by Crippen LogP contribution is -2.36. The Morgan fingerprint density at radius 2 is 2.03 bits per heavy atom. The van der Waals surface area contributed by atoms with Gasteiger partial charge in [-0.2, -0.15) is 13.2 Å². The van der Waals surface area contributed by atoms with E-state index in [1.165, 1.54) is 29.5 Å². The molecular formula is C19H19F3N4O2S. The maximum absolute atomic E-state index is 13.3. The number of aromatic amines is 1. The number of carbonyl (C=O) groups excluding carboxylic acids is 1. The van der Waals surface area contributed by atoms with E-state index in [2.05, 4.69) is 20.2 Å². The van der Waals surface area contributed by atoms with Gasteiger partial charge in [0.2, 0.25) is 0 Å². The van der Waals surface area contributed by atoms with Crippen molar-refractivity contribution in [1.82, 2.24) is 14.9 Å². The molecule has 0 atom stereocenters. The standard InChI is InChI=1S/C19H19F3N4O2S/c1-11-23-17-16(29-11)12(10-26-6-8-28-9-7-26)15(25-17)18(27)24-14-5-3-2-4-13(14)19(20,21)22/h2-5,25H,6-10H2,1H3,(H,24,27). The Morgan fingerprint density at radius 1 is 1.31 bits per heavy atom. The van der Waals surface area contributed by atoms with Crippen LogP contribution in [0, 0.1) is 6.92 Å². The predicted octanol–water partition coefficient (Wildman–Crippen LogP) is 4.04. The van der Waals surface area contributed by atoms with Gasteiger partial charge in [-0.1, -0.05) is 12.1 Å². The first-order valence-corrected chi connectivity index (χ1v) is 9.90. The summed E-state index contributed by atoms with van der Waals surface area (Å²) in [5.41, 5.74) is 0.400. The molecule has 1 saturated heterocycles. The van der Waals surface area contributed by atoms with E-state index in [9.17, 15) is 18.0 Å². The number of rotatable bonds is 4. The maximum Gasteiger partial charge on any atom is 0.418 e. The normalized spacial score (nSPS) is 15.7. The molecule has 10 heteroatoms. The highest BCUT2D eigenvalue weighted by atomic mass is 32.1. The van der Waals surface area contributed by atoms with Crippen LogP contribution in [0.5, 0.6) is 0 Å². The third kappa shape index (κ3) is 4.14. The Kier molecular flexibility index (Phi) is 5.32. The lowest BCUT2D eigenvalue weighted by molar-refractivity contribution is -0.136. The minimum absolute atomic E-state index is 0.238. The number of fused-ring (bicyclic) bond motifs is 1. The van der Waals surface area contributed by atoms with Crippen LogP contribution in [0.3, 0.4) is 0 Å². The van der Waals surface area contributed by atoms with Crippen LogP contribution in [0.2, 0.25) is 0 Å². The van der Waals surface area contributed by atoms with Gasteiger partial charge >= 0.3 is 6.18 Å². The lowest BCUT2D eigenvalue weighted by Gasteiger charge is -2.26. The first kappa shape index (κ1) is 19.9. The summed E-state index contributed by atoms with van der Waals surface area (Å²) in [6.45, 7) is 5.03. The number of hydrogen-bond acceptors (Lipinski definition) is 5. The Morgan fingerprint density at radius 3 is 2.76 bits per heavy atom. The SMILES string of the molecule is Cc1nc2[nH]c(C(=O)Nc3ccccc3C(F)(F)F)c(CN3CCOCC3)c2s1. The molecule has 0 saturated carbocycles. The topological polar surface area (TPSA) is 70.2 Å². The summed E-state index contributed by atoms with van der Waals surface area (Å²) < 4.78 is 46.0. The van der Waals surface area contributed by atoms with Gasteiger partial charge in [-0.15, -0.1) is 11.3 Å². The van der Waals surface area contributed by atoms with Gasteiger partial charge in [-0.3, -0.25) is 9.69 Å². The second-order valence-corrected chi connectivity index (χ2v) is 7.98. The van der Waals surface area contributed by atoms with Crippen molar-refractivity contribution in [2.75, 3.05) is 31.6 Å². The number of H-pyrrole nitrogens is 1. The molecule has 0 aliphatic carbocycles. The molecule has 154 valence electrons. The van der Waals surface area contributed by atoms with Crippen molar-refractivity contribution in [2.45, 2.75) is 19.6 Å². The molecule has 1 aliphatic heterocycles. The minimum Gasteiger partial charge on any atom is -0.379 e. The van der Waals surface area contributed by atoms with Gasteiger partial charge in [-0.25, -0.2) is 4.98 Å². The predicted molar refractivity (Wildman–Crippen MR) is 104 cm³/mol. The fourth-order valence-electron chi connectivity index (χ4n) is 3.38. The van der Waals surface area contributed by atoms with Crippen LogP contribution in [0.1, 0.15) is 26.6 Å². The van der Waals surface area contributed by atoms with Gasteiger partial charge in [0.05, 0.1) is 34.2 Å². The summed E-state index contributed by atoms with van der Waals surface area (Å²) in [6.07, 6.45) is -4.56. The highest BCUT2D eigenvalue weighted by Gasteiger charge is 2.34. The van der Waals surface area contributed by atoms with E-state index in [0.29, 0.717) is 25.4 Å². The number of para-hydroxylation sites is 1. The van der Waals surface area contributed by atoms with Crippen LogP contribution in [0.15, 0.2) is 24.3 Å². The van der Waals surface area contributed by atoms with E-state index in [4.69, 9.17) is 4.74 Å². The van der Waals surface area contributed by atoms with Crippen LogP contribution in [-0.4, -0.2) is 47.1 Å². The fourth-order valence-corrected chi connectivity index (χ4v) is 4.29. The van der Waals surface area contributed by atoms with Crippen molar-refractivity contribution in [2.24, 2.45) is 0 Å². The number of aryl methyl sites for hydroxylation is 1. The Labute approximate surface area is 168 Å². The van der Waals surface area contributed by atoms with Gasteiger partial charge in [0.25, 0.3) is 5.91 Å². The van der Waals surface area contributed by atoms with Gasteiger partial charge in [0.1, 0.15) is 11.3 Å². The fraction of sp³-hybridized carbons (Fsp3) is 0.368. The molecule has 2 N–H and O–H groups in total. The first-order valence-electron chi connectivity index (χ1n) is 9.08. The Hall–Kier alpha value is -2.43. The molecule has 29 heavy (non-hydrogen) atoms. The molecule has 1 amide bonds. The number of hydrogen-bond donors (Lipinski definition) is 2. The molecule has 4 rings (SSSR count). The van der Waals surface area contributed by atoms with Gasteiger partial charge in [0.15, 0.2) is 0 Å². The summed E-state index contributed by atoms with van der Waals surface area (Å²) in [5.74, 6) is -0.618. The number of thiazole rings is 1. The second-order valence-electron chi connectivity index (χ2n) is 6.78. The third-order valence-electron chi connectivity index (χ3n) is 4.75. The second kappa shape index (κ2) is 7.77. The number of halogens is 3. The molecule has 0 radical (unpaired) electrons. The molecule has 6 nitrogen and oxygen atoms in total. The van der Waals surface area contributed by atoms with E-state index in [1.54, 1.807) is 0 Å². The van der Waals surface area contributed by atoms with E-state index < -0.39 is 17.6 Å². The molecule has 3 heterocycles. The zero-order chi connectivity index (χ0) is 20.6. The van der Waals surface area contributed by atoms with Crippen molar-refractivity contribution in [3.8, 4) is 0 Å². The number of aromatic nitrogens is 2. The van der Waals surface area contributed by atoms with Crippen LogP contribution < -0.4 is 5.32 Å². The van der Waals surface area contributed by atoms with Crippen LogP contribution in [0.4, 0.5) is 18.9 Å². The third-order valence-corrected chi connectivity index (χ3v) is 5.78. The largest absolute Gasteiger partial charge is 0.418 e. The number of carbonyl (C=O) groups is 1. The summed E-state index contributed by atoms with van der Waals surface area (Å²) in [6, 6.07) is 4.94. The Balaban J connectivity index is 1.67. The molecule has 1 fully saturated rings. The number of benzene rings is 1. The monoisotopic (exact) mass is 424 g/mol. The molecule has 0 spiro atoms. The molecule has 2 aromatic heterocycles. The number of nitrogens with zero attached hydrogens (tertiary/aromatic N) is 2. The van der Waals surface area contributed by atoms with Crippen molar-refractivity contribution >= 4 is 33.3 Å². The van der Waals surface area contributed by atoms with E-state index >= 15 is 0 Å². The van der Waals surface area contributed by atoms with E-state index in [-0.39, 0.29) is 11.4 Å². The molecular weight excluding hydrogens is 405 g/mol. The van der Waals surface area contributed by atoms with Crippen molar-refractivity contribution in [1.29, 1.82) is 0 Å². The average Bonchev–Trinajstić information content (AvgIpc) is 3.19.